The highest BCUT2D eigenvalue weighted by atomic mass is 79.9. The van der Waals surface area contributed by atoms with Gasteiger partial charge in [-0.25, -0.2) is 0 Å². The predicted molar refractivity (Wildman–Crippen MR) is 105 cm³/mol. The Bertz CT molecular complexity index is 947. The average molecular weight is 415 g/mol. The molecule has 3 heterocycles. The monoisotopic (exact) mass is 414 g/mol. The van der Waals surface area contributed by atoms with Crippen LogP contribution in [0, 0.1) is 17.8 Å². The van der Waals surface area contributed by atoms with E-state index in [0.717, 1.165) is 23.0 Å². The second-order valence-electron chi connectivity index (χ2n) is 8.13. The molecule has 0 bridgehead atoms. The maximum atomic E-state index is 12.3. The van der Waals surface area contributed by atoms with Crippen molar-refractivity contribution in [3.05, 3.63) is 45.7 Å². The zero-order chi connectivity index (χ0) is 18.2. The fourth-order valence-electron chi connectivity index (χ4n) is 5.59. The molecule has 0 amide bonds. The van der Waals surface area contributed by atoms with Gasteiger partial charge in [0, 0.05) is 39.4 Å². The van der Waals surface area contributed by atoms with Crippen LogP contribution in [0.5, 0.6) is 0 Å². The molecule has 0 saturated heterocycles. The molecule has 0 spiro atoms. The number of allylic oxidation sites excluding steroid dienone is 1. The SMILES string of the molecule is CC(=O)C1=CN2CCc3c([nH]c4ccc(Br)cc34)[C@@H]2[C@@H]2[C@@H](C)[C@@H](O)C[C@H]12. The maximum Gasteiger partial charge on any atom is 0.157 e. The summed E-state index contributed by atoms with van der Waals surface area (Å²) in [6.45, 7) is 4.72. The molecule has 0 radical (unpaired) electrons. The average Bonchev–Trinajstić information content (AvgIpc) is 3.11. The number of hydrogen-bond donors (Lipinski definition) is 2. The van der Waals surface area contributed by atoms with E-state index >= 15 is 0 Å². The van der Waals surface area contributed by atoms with Crippen LogP contribution in [0.2, 0.25) is 0 Å². The fourth-order valence-corrected chi connectivity index (χ4v) is 5.95. The Labute approximate surface area is 161 Å². The van der Waals surface area contributed by atoms with E-state index in [0.29, 0.717) is 6.42 Å². The van der Waals surface area contributed by atoms with Crippen LogP contribution in [0.3, 0.4) is 0 Å². The fraction of sp³-hybridized carbons (Fsp3) is 0.476. The van der Waals surface area contributed by atoms with E-state index in [2.05, 4.69) is 57.1 Å². The number of halogens is 1. The van der Waals surface area contributed by atoms with Gasteiger partial charge in [0.15, 0.2) is 5.78 Å². The van der Waals surface area contributed by atoms with Gasteiger partial charge >= 0.3 is 0 Å². The molecule has 0 unspecified atom stereocenters. The summed E-state index contributed by atoms with van der Waals surface area (Å²) in [6, 6.07) is 6.61. The van der Waals surface area contributed by atoms with Gasteiger partial charge in [-0.05, 0) is 61.3 Å². The number of aliphatic hydroxyl groups is 1. The van der Waals surface area contributed by atoms with Crippen LogP contribution in [-0.2, 0) is 11.2 Å². The number of H-pyrrole nitrogens is 1. The summed E-state index contributed by atoms with van der Waals surface area (Å²) in [6.07, 6.45) is 3.42. The highest BCUT2D eigenvalue weighted by Gasteiger charge is 2.52. The third-order valence-electron chi connectivity index (χ3n) is 6.82. The molecule has 136 valence electrons. The number of carbonyl (C=O) groups is 1. The van der Waals surface area contributed by atoms with Crippen LogP contribution < -0.4 is 0 Å². The number of hydrogen-bond acceptors (Lipinski definition) is 3. The number of aromatic amines is 1. The van der Waals surface area contributed by atoms with E-state index in [4.69, 9.17) is 0 Å². The predicted octanol–water partition coefficient (Wildman–Crippen LogP) is 3.95. The summed E-state index contributed by atoms with van der Waals surface area (Å²) in [5.41, 5.74) is 4.75. The third-order valence-corrected chi connectivity index (χ3v) is 7.32. The zero-order valence-corrected chi connectivity index (χ0v) is 16.6. The van der Waals surface area contributed by atoms with Crippen molar-refractivity contribution in [3.63, 3.8) is 0 Å². The molecule has 1 aromatic heterocycles. The van der Waals surface area contributed by atoms with Crippen molar-refractivity contribution in [1.29, 1.82) is 0 Å². The van der Waals surface area contributed by atoms with Gasteiger partial charge in [-0.1, -0.05) is 22.9 Å². The normalized spacial score (nSPS) is 32.8. The van der Waals surface area contributed by atoms with Crippen molar-refractivity contribution >= 4 is 32.6 Å². The van der Waals surface area contributed by atoms with Crippen LogP contribution in [0.1, 0.15) is 37.6 Å². The Hall–Kier alpha value is -1.59. The van der Waals surface area contributed by atoms with Gasteiger partial charge < -0.3 is 15.0 Å². The molecule has 2 aromatic rings. The highest BCUT2D eigenvalue weighted by molar-refractivity contribution is 9.10. The molecule has 2 aliphatic heterocycles. The maximum absolute atomic E-state index is 12.3. The second-order valence-corrected chi connectivity index (χ2v) is 9.04. The van der Waals surface area contributed by atoms with Gasteiger partial charge in [0.2, 0.25) is 0 Å². The summed E-state index contributed by atoms with van der Waals surface area (Å²) in [4.78, 5) is 18.3. The van der Waals surface area contributed by atoms with Gasteiger partial charge in [0.1, 0.15) is 0 Å². The van der Waals surface area contributed by atoms with E-state index in [9.17, 15) is 9.90 Å². The number of aromatic nitrogens is 1. The molecule has 3 aliphatic rings. The number of Topliss-reactive ketones (excluding diaryl/α,β-unsaturated/α-hetero) is 1. The Morgan fingerprint density at radius 1 is 1.38 bits per heavy atom. The first-order chi connectivity index (χ1) is 12.5. The Morgan fingerprint density at radius 3 is 2.96 bits per heavy atom. The number of nitrogens with one attached hydrogen (secondary N) is 1. The molecule has 5 rings (SSSR count). The van der Waals surface area contributed by atoms with Gasteiger partial charge in [-0.2, -0.15) is 0 Å². The first-order valence-electron chi connectivity index (χ1n) is 9.42. The van der Waals surface area contributed by atoms with Gasteiger partial charge in [0.05, 0.1) is 12.1 Å². The first kappa shape index (κ1) is 16.6. The molecule has 1 aliphatic carbocycles. The van der Waals surface area contributed by atoms with E-state index in [-0.39, 0.29) is 35.7 Å². The first-order valence-corrected chi connectivity index (χ1v) is 10.2. The minimum atomic E-state index is -0.336. The lowest BCUT2D eigenvalue weighted by Gasteiger charge is -2.46. The van der Waals surface area contributed by atoms with E-state index in [1.165, 1.54) is 22.2 Å². The van der Waals surface area contributed by atoms with E-state index in [1.54, 1.807) is 6.92 Å². The molecule has 26 heavy (non-hydrogen) atoms. The van der Waals surface area contributed by atoms with Crippen LogP contribution in [0.25, 0.3) is 10.9 Å². The third kappa shape index (κ3) is 2.20. The highest BCUT2D eigenvalue weighted by Crippen LogP contribution is 2.54. The molecular formula is C21H23BrN2O2. The number of aliphatic hydroxyl groups excluding tert-OH is 1. The van der Waals surface area contributed by atoms with Crippen molar-refractivity contribution in [2.75, 3.05) is 6.54 Å². The second kappa shape index (κ2) is 5.70. The quantitative estimate of drug-likeness (QED) is 0.742. The van der Waals surface area contributed by atoms with Crippen molar-refractivity contribution < 1.29 is 9.90 Å². The summed E-state index contributed by atoms with van der Waals surface area (Å²) in [5.74, 6) is 0.748. The Balaban J connectivity index is 1.70. The number of rotatable bonds is 1. The van der Waals surface area contributed by atoms with Crippen molar-refractivity contribution in [2.24, 2.45) is 17.8 Å². The van der Waals surface area contributed by atoms with Gasteiger partial charge in [0.25, 0.3) is 0 Å². The molecule has 5 heteroatoms. The standard InChI is InChI=1S/C21H23BrN2O2/c1-10-18(26)8-15-16(11(2)25)9-24-6-5-13-14-7-12(22)3-4-17(14)23-20(13)21(24)19(10)15/h3-4,7,9-10,15,18-19,21,23,26H,5-6,8H2,1-2H3/t10-,15+,18-,19+,21-/m0/s1. The van der Waals surface area contributed by atoms with Crippen molar-refractivity contribution in [2.45, 2.75) is 38.8 Å². The number of carbonyl (C=O) groups excluding carboxylic acids is 1. The van der Waals surface area contributed by atoms with Crippen molar-refractivity contribution in [1.82, 2.24) is 9.88 Å². The minimum absolute atomic E-state index is 0.145. The molecule has 4 nitrogen and oxygen atoms in total. The Kier molecular flexibility index (Phi) is 3.63. The Morgan fingerprint density at radius 2 is 2.19 bits per heavy atom. The molecule has 1 aromatic carbocycles. The van der Waals surface area contributed by atoms with Gasteiger partial charge in [-0.3, -0.25) is 4.79 Å². The summed E-state index contributed by atoms with van der Waals surface area (Å²) in [5, 5.41) is 11.9. The van der Waals surface area contributed by atoms with E-state index in [1.807, 2.05) is 0 Å². The van der Waals surface area contributed by atoms with Crippen LogP contribution in [0.15, 0.2) is 34.4 Å². The van der Waals surface area contributed by atoms with Gasteiger partial charge in [-0.15, -0.1) is 0 Å². The van der Waals surface area contributed by atoms with Crippen molar-refractivity contribution in [3.8, 4) is 0 Å². The lowest BCUT2D eigenvalue weighted by molar-refractivity contribution is -0.114. The molecule has 1 fully saturated rings. The summed E-state index contributed by atoms with van der Waals surface area (Å²) < 4.78 is 1.10. The summed E-state index contributed by atoms with van der Waals surface area (Å²) in [7, 11) is 0. The number of ketones is 1. The molecule has 5 atom stereocenters. The number of nitrogens with zero attached hydrogens (tertiary/aromatic N) is 1. The number of benzene rings is 1. The minimum Gasteiger partial charge on any atom is -0.393 e. The molecular weight excluding hydrogens is 392 g/mol. The van der Waals surface area contributed by atoms with Crippen LogP contribution >= 0.6 is 15.9 Å². The lowest BCUT2D eigenvalue weighted by atomic mass is 9.73. The summed E-state index contributed by atoms with van der Waals surface area (Å²) >= 11 is 3.60. The van der Waals surface area contributed by atoms with Crippen LogP contribution in [-0.4, -0.2) is 33.4 Å². The topological polar surface area (TPSA) is 56.3 Å². The zero-order valence-electron chi connectivity index (χ0n) is 15.0. The van der Waals surface area contributed by atoms with E-state index < -0.39 is 0 Å². The lowest BCUT2D eigenvalue weighted by Crippen LogP contribution is -2.44. The molecule has 2 N–H and O–H groups in total. The number of fused-ring (bicyclic) bond motifs is 7. The largest absolute Gasteiger partial charge is 0.393 e. The van der Waals surface area contributed by atoms with Crippen LogP contribution in [0.4, 0.5) is 0 Å². The molecule has 1 saturated carbocycles. The smallest absolute Gasteiger partial charge is 0.157 e.